The van der Waals surface area contributed by atoms with E-state index in [-0.39, 0.29) is 5.78 Å². The first-order valence-corrected chi connectivity index (χ1v) is 10.8. The van der Waals surface area contributed by atoms with Crippen molar-refractivity contribution in [1.82, 2.24) is 0 Å². The summed E-state index contributed by atoms with van der Waals surface area (Å²) in [4.78, 5) is 13.2. The Hall–Kier alpha value is -2.63. The Bertz CT molecular complexity index is 1090. The highest BCUT2D eigenvalue weighted by atomic mass is 31.2. The molecule has 1 heterocycles. The van der Waals surface area contributed by atoms with Crippen molar-refractivity contribution in [2.24, 2.45) is 0 Å². The summed E-state index contributed by atoms with van der Waals surface area (Å²) in [5.41, 5.74) is 2.76. The van der Waals surface area contributed by atoms with Crippen LogP contribution in [0, 0.1) is 5.82 Å². The van der Waals surface area contributed by atoms with Gasteiger partial charge < -0.3 is 13.8 Å². The van der Waals surface area contributed by atoms with Crippen molar-refractivity contribution in [3.63, 3.8) is 0 Å². The van der Waals surface area contributed by atoms with Crippen LogP contribution in [0.2, 0.25) is 0 Å². The van der Waals surface area contributed by atoms with Crippen LogP contribution in [0.25, 0.3) is 11.1 Å². The van der Waals surface area contributed by atoms with Crippen molar-refractivity contribution < 1.29 is 27.5 Å². The van der Waals surface area contributed by atoms with Crippen molar-refractivity contribution in [3.05, 3.63) is 95.8 Å². The number of hydrogen-bond acceptors (Lipinski definition) is 5. The monoisotopic (exact) mass is 426 g/mol. The zero-order valence-electron chi connectivity index (χ0n) is 16.4. The predicted molar refractivity (Wildman–Crippen MR) is 111 cm³/mol. The van der Waals surface area contributed by atoms with E-state index in [2.05, 4.69) is 0 Å². The number of benzene rings is 3. The van der Waals surface area contributed by atoms with Gasteiger partial charge in [0.15, 0.2) is 11.9 Å². The summed E-state index contributed by atoms with van der Waals surface area (Å²) in [7, 11) is -1.40. The first-order valence-electron chi connectivity index (χ1n) is 9.30. The van der Waals surface area contributed by atoms with E-state index in [4.69, 9.17) is 13.8 Å². The van der Waals surface area contributed by atoms with E-state index in [0.29, 0.717) is 11.1 Å². The molecule has 0 aromatic heterocycles. The molecule has 0 aliphatic carbocycles. The topological polar surface area (TPSA) is 65.1 Å². The Morgan fingerprint density at radius 2 is 1.47 bits per heavy atom. The van der Waals surface area contributed by atoms with Crippen LogP contribution in [0.15, 0.2) is 78.9 Å². The normalized spacial score (nSPS) is 20.7. The Labute approximate surface area is 173 Å². The lowest BCUT2D eigenvalue weighted by molar-refractivity contribution is 0.0953. The SMILES string of the molecule is COP(=O)(OC)[C@]1(c2ccc(F)cc2)O[C@@H]1C(=O)c1ccc(-c2ccccc2)cc1. The molecular weight excluding hydrogens is 406 g/mol. The van der Waals surface area contributed by atoms with Gasteiger partial charge in [0.25, 0.3) is 0 Å². The van der Waals surface area contributed by atoms with Crippen LogP contribution in [-0.2, 0) is 23.7 Å². The van der Waals surface area contributed by atoms with Gasteiger partial charge in [0.1, 0.15) is 5.82 Å². The summed E-state index contributed by atoms with van der Waals surface area (Å²) >= 11 is 0. The molecule has 1 aliphatic rings. The van der Waals surface area contributed by atoms with Crippen LogP contribution in [0.5, 0.6) is 0 Å². The minimum absolute atomic E-state index is 0.353. The second kappa shape index (κ2) is 7.89. The highest BCUT2D eigenvalue weighted by molar-refractivity contribution is 7.55. The maximum absolute atomic E-state index is 13.4. The van der Waals surface area contributed by atoms with E-state index >= 15 is 0 Å². The Kier molecular flexibility index (Phi) is 5.43. The van der Waals surface area contributed by atoms with E-state index in [9.17, 15) is 13.8 Å². The second-order valence-corrected chi connectivity index (χ2v) is 9.26. The first-order chi connectivity index (χ1) is 14.4. The number of hydrogen-bond donors (Lipinski definition) is 0. The van der Waals surface area contributed by atoms with Crippen LogP contribution in [0.4, 0.5) is 4.39 Å². The Morgan fingerprint density at radius 1 is 0.900 bits per heavy atom. The lowest BCUT2D eigenvalue weighted by Crippen LogP contribution is -2.21. The molecule has 0 spiro atoms. The maximum Gasteiger partial charge on any atom is 0.369 e. The van der Waals surface area contributed by atoms with Gasteiger partial charge in [0, 0.05) is 19.8 Å². The molecule has 0 unspecified atom stereocenters. The zero-order valence-corrected chi connectivity index (χ0v) is 17.3. The molecule has 1 aliphatic heterocycles. The van der Waals surface area contributed by atoms with E-state index in [1.165, 1.54) is 38.5 Å². The summed E-state index contributed by atoms with van der Waals surface area (Å²) in [6.45, 7) is 0. The molecule has 4 rings (SSSR count). The molecule has 154 valence electrons. The predicted octanol–water partition coefficient (Wildman–Crippen LogP) is 5.41. The number of epoxide rings is 1. The van der Waals surface area contributed by atoms with Gasteiger partial charge in [-0.15, -0.1) is 0 Å². The fourth-order valence-corrected chi connectivity index (χ4v) is 5.40. The number of rotatable bonds is 7. The van der Waals surface area contributed by atoms with Gasteiger partial charge in [-0.2, -0.15) is 0 Å². The van der Waals surface area contributed by atoms with E-state index < -0.39 is 24.9 Å². The lowest BCUT2D eigenvalue weighted by Gasteiger charge is -2.22. The molecule has 0 N–H and O–H groups in total. The van der Waals surface area contributed by atoms with Gasteiger partial charge in [-0.3, -0.25) is 9.36 Å². The molecule has 3 aromatic rings. The van der Waals surface area contributed by atoms with Crippen LogP contribution < -0.4 is 0 Å². The number of ketones is 1. The van der Waals surface area contributed by atoms with Crippen molar-refractivity contribution in [3.8, 4) is 11.1 Å². The highest BCUT2D eigenvalue weighted by Crippen LogP contribution is 2.74. The third-order valence-corrected chi connectivity index (χ3v) is 7.63. The van der Waals surface area contributed by atoms with Gasteiger partial charge in [0.2, 0.25) is 5.34 Å². The van der Waals surface area contributed by atoms with Crippen molar-refractivity contribution in [1.29, 1.82) is 0 Å². The molecule has 1 fully saturated rings. The minimum Gasteiger partial charge on any atom is -0.339 e. The third kappa shape index (κ3) is 3.32. The molecular formula is C23H20FO5P. The standard InChI is InChI=1S/C23H20FO5P/c1-27-30(26,28-2)23(19-12-14-20(24)15-13-19)22(29-23)21(25)18-10-8-17(9-11-18)16-6-4-3-5-7-16/h3-15,22H,1-2H3/t22-,23+/m1/s1. The van der Waals surface area contributed by atoms with E-state index in [1.54, 1.807) is 12.1 Å². The summed E-state index contributed by atoms with van der Waals surface area (Å²) in [6, 6.07) is 22.1. The molecule has 5 nitrogen and oxygen atoms in total. The Morgan fingerprint density at radius 3 is 2.03 bits per heavy atom. The van der Waals surface area contributed by atoms with Crippen LogP contribution >= 0.6 is 7.60 Å². The summed E-state index contributed by atoms with van der Waals surface area (Å²) in [6.07, 6.45) is -1.07. The van der Waals surface area contributed by atoms with Crippen molar-refractivity contribution >= 4 is 13.4 Å². The largest absolute Gasteiger partial charge is 0.369 e. The third-order valence-electron chi connectivity index (χ3n) is 5.26. The van der Waals surface area contributed by atoms with Gasteiger partial charge in [-0.25, -0.2) is 4.39 Å². The quantitative estimate of drug-likeness (QED) is 0.287. The average Bonchev–Trinajstić information content (AvgIpc) is 3.56. The van der Waals surface area contributed by atoms with E-state index in [0.717, 1.165) is 11.1 Å². The highest BCUT2D eigenvalue weighted by Gasteiger charge is 2.74. The minimum atomic E-state index is -3.86. The molecule has 2 atom stereocenters. The molecule has 3 aromatic carbocycles. The number of ether oxygens (including phenoxy) is 1. The number of carbonyl (C=O) groups excluding carboxylic acids is 1. The summed E-state index contributed by atoms with van der Waals surface area (Å²) in [5, 5.41) is -1.61. The summed E-state index contributed by atoms with van der Waals surface area (Å²) < 4.78 is 42.7. The average molecular weight is 426 g/mol. The second-order valence-electron chi connectivity index (χ2n) is 6.87. The smallest absolute Gasteiger partial charge is 0.339 e. The molecule has 0 saturated carbocycles. The fourth-order valence-electron chi connectivity index (χ4n) is 3.61. The zero-order chi connectivity index (χ0) is 21.4. The molecule has 0 bridgehead atoms. The molecule has 7 heteroatoms. The molecule has 0 radical (unpaired) electrons. The number of Topliss-reactive ketones (excluding diaryl/α,β-unsaturated/α-hetero) is 1. The number of carbonyl (C=O) groups is 1. The molecule has 0 amide bonds. The van der Waals surface area contributed by atoms with Crippen LogP contribution in [0.3, 0.4) is 0 Å². The van der Waals surface area contributed by atoms with E-state index in [1.807, 2.05) is 42.5 Å². The van der Waals surface area contributed by atoms with Crippen molar-refractivity contribution in [2.45, 2.75) is 11.4 Å². The van der Waals surface area contributed by atoms with Crippen LogP contribution in [-0.4, -0.2) is 26.1 Å². The lowest BCUT2D eigenvalue weighted by atomic mass is 9.99. The number of halogens is 1. The summed E-state index contributed by atoms with van der Waals surface area (Å²) in [5.74, 6) is -0.813. The molecule has 30 heavy (non-hydrogen) atoms. The molecule has 1 saturated heterocycles. The van der Waals surface area contributed by atoms with Crippen LogP contribution in [0.1, 0.15) is 15.9 Å². The van der Waals surface area contributed by atoms with Crippen molar-refractivity contribution in [2.75, 3.05) is 14.2 Å². The van der Waals surface area contributed by atoms with Gasteiger partial charge in [0.05, 0.1) is 0 Å². The fraction of sp³-hybridized carbons (Fsp3) is 0.174. The van der Waals surface area contributed by atoms with Gasteiger partial charge in [-0.1, -0.05) is 66.7 Å². The first kappa shape index (κ1) is 20.6. The van der Waals surface area contributed by atoms with Gasteiger partial charge in [-0.05, 0) is 28.8 Å². The Balaban J connectivity index is 1.67. The van der Waals surface area contributed by atoms with Gasteiger partial charge >= 0.3 is 7.60 Å². The maximum atomic E-state index is 13.4.